The number of carbonyl (C=O) groups is 1. The highest BCUT2D eigenvalue weighted by atomic mass is 16.2. The molecule has 0 atom stereocenters. The van der Waals surface area contributed by atoms with Gasteiger partial charge < -0.3 is 4.90 Å². The van der Waals surface area contributed by atoms with Crippen LogP contribution in [0.25, 0.3) is 0 Å². The first-order valence-electron chi connectivity index (χ1n) is 5.90. The summed E-state index contributed by atoms with van der Waals surface area (Å²) in [4.78, 5) is 14.1. The predicted octanol–water partition coefficient (Wildman–Crippen LogP) is 1.99. The van der Waals surface area contributed by atoms with Gasteiger partial charge in [-0.1, -0.05) is 13.3 Å². The molecule has 0 aliphatic rings. The summed E-state index contributed by atoms with van der Waals surface area (Å²) in [6, 6.07) is 1.84. The van der Waals surface area contributed by atoms with Crippen LogP contribution in [0.15, 0.2) is 6.07 Å². The minimum absolute atomic E-state index is 0.0825. The van der Waals surface area contributed by atoms with Gasteiger partial charge >= 0.3 is 0 Å². The molecule has 0 saturated heterocycles. The summed E-state index contributed by atoms with van der Waals surface area (Å²) >= 11 is 0. The van der Waals surface area contributed by atoms with Crippen LogP contribution in [-0.4, -0.2) is 33.7 Å². The van der Waals surface area contributed by atoms with E-state index < -0.39 is 0 Å². The SMILES string of the molecule is CCCCN(CC)C(=O)c1cc(C)nn1C. The van der Waals surface area contributed by atoms with Crippen molar-refractivity contribution >= 4 is 5.91 Å². The van der Waals surface area contributed by atoms with Crippen LogP contribution in [0.1, 0.15) is 42.9 Å². The monoisotopic (exact) mass is 223 g/mol. The third-order valence-electron chi connectivity index (χ3n) is 2.67. The van der Waals surface area contributed by atoms with Crippen LogP contribution < -0.4 is 0 Å². The van der Waals surface area contributed by atoms with Crippen molar-refractivity contribution in [2.24, 2.45) is 7.05 Å². The Bertz CT molecular complexity index is 357. The molecule has 0 aliphatic heterocycles. The Morgan fingerprint density at radius 3 is 2.62 bits per heavy atom. The first kappa shape index (κ1) is 12.7. The van der Waals surface area contributed by atoms with E-state index in [1.807, 2.05) is 31.9 Å². The lowest BCUT2D eigenvalue weighted by molar-refractivity contribution is 0.0751. The summed E-state index contributed by atoms with van der Waals surface area (Å²) in [5.74, 6) is 0.0825. The smallest absolute Gasteiger partial charge is 0.272 e. The van der Waals surface area contributed by atoms with Crippen molar-refractivity contribution in [3.8, 4) is 0 Å². The van der Waals surface area contributed by atoms with Crippen molar-refractivity contribution in [1.29, 1.82) is 0 Å². The Morgan fingerprint density at radius 2 is 2.19 bits per heavy atom. The molecule has 0 unspecified atom stereocenters. The van der Waals surface area contributed by atoms with Crippen LogP contribution in [0, 0.1) is 6.92 Å². The highest BCUT2D eigenvalue weighted by molar-refractivity contribution is 5.92. The molecule has 0 radical (unpaired) electrons. The van der Waals surface area contributed by atoms with Crippen LogP contribution in [0.2, 0.25) is 0 Å². The fraction of sp³-hybridized carbons (Fsp3) is 0.667. The molecule has 90 valence electrons. The molecule has 0 fully saturated rings. The second kappa shape index (κ2) is 5.68. The van der Waals surface area contributed by atoms with E-state index in [2.05, 4.69) is 12.0 Å². The van der Waals surface area contributed by atoms with Crippen LogP contribution in [0.3, 0.4) is 0 Å². The van der Waals surface area contributed by atoms with Crippen molar-refractivity contribution in [2.75, 3.05) is 13.1 Å². The maximum atomic E-state index is 12.2. The minimum Gasteiger partial charge on any atom is -0.338 e. The first-order valence-corrected chi connectivity index (χ1v) is 5.90. The van der Waals surface area contributed by atoms with E-state index >= 15 is 0 Å². The first-order chi connectivity index (χ1) is 7.60. The van der Waals surface area contributed by atoms with Gasteiger partial charge in [0.15, 0.2) is 0 Å². The fourth-order valence-corrected chi connectivity index (χ4v) is 1.73. The van der Waals surface area contributed by atoms with E-state index in [0.717, 1.165) is 31.6 Å². The van der Waals surface area contributed by atoms with Gasteiger partial charge in [0, 0.05) is 20.1 Å². The molecule has 1 amide bonds. The zero-order chi connectivity index (χ0) is 12.1. The average molecular weight is 223 g/mol. The summed E-state index contributed by atoms with van der Waals surface area (Å²) in [6.45, 7) is 7.63. The Hall–Kier alpha value is -1.32. The normalized spacial score (nSPS) is 10.5. The second-order valence-electron chi connectivity index (χ2n) is 4.03. The number of carbonyl (C=O) groups excluding carboxylic acids is 1. The molecule has 0 spiro atoms. The van der Waals surface area contributed by atoms with E-state index in [1.54, 1.807) is 4.68 Å². The van der Waals surface area contributed by atoms with E-state index in [1.165, 1.54) is 0 Å². The molecule has 1 aromatic rings. The lowest BCUT2D eigenvalue weighted by atomic mass is 10.2. The van der Waals surface area contributed by atoms with Crippen LogP contribution in [0.5, 0.6) is 0 Å². The summed E-state index contributed by atoms with van der Waals surface area (Å²) in [5, 5.41) is 4.20. The quantitative estimate of drug-likeness (QED) is 0.765. The van der Waals surface area contributed by atoms with Gasteiger partial charge in [0.05, 0.1) is 5.69 Å². The van der Waals surface area contributed by atoms with Gasteiger partial charge in [0.1, 0.15) is 5.69 Å². The maximum Gasteiger partial charge on any atom is 0.272 e. The number of aromatic nitrogens is 2. The standard InChI is InChI=1S/C12H21N3O/c1-5-7-8-15(6-2)12(16)11-9-10(3)13-14(11)4/h9H,5-8H2,1-4H3. The van der Waals surface area contributed by atoms with Gasteiger partial charge in [-0.05, 0) is 26.3 Å². The van der Waals surface area contributed by atoms with Crippen molar-refractivity contribution in [3.63, 3.8) is 0 Å². The van der Waals surface area contributed by atoms with Gasteiger partial charge in [-0.25, -0.2) is 0 Å². The largest absolute Gasteiger partial charge is 0.338 e. The molecular weight excluding hydrogens is 202 g/mol. The van der Waals surface area contributed by atoms with Crippen LogP contribution in [-0.2, 0) is 7.05 Å². The zero-order valence-electron chi connectivity index (χ0n) is 10.7. The molecular formula is C12H21N3O. The lowest BCUT2D eigenvalue weighted by Gasteiger charge is -2.20. The third kappa shape index (κ3) is 2.84. The highest BCUT2D eigenvalue weighted by Crippen LogP contribution is 2.07. The van der Waals surface area contributed by atoms with E-state index in [-0.39, 0.29) is 5.91 Å². The molecule has 16 heavy (non-hydrogen) atoms. The number of rotatable bonds is 5. The van der Waals surface area contributed by atoms with E-state index in [4.69, 9.17) is 0 Å². The number of amides is 1. The topological polar surface area (TPSA) is 38.1 Å². The summed E-state index contributed by atoms with van der Waals surface area (Å²) in [6.07, 6.45) is 2.16. The number of nitrogens with zero attached hydrogens (tertiary/aromatic N) is 3. The van der Waals surface area contributed by atoms with Gasteiger partial charge in [-0.15, -0.1) is 0 Å². The van der Waals surface area contributed by atoms with Gasteiger partial charge in [-0.2, -0.15) is 5.10 Å². The summed E-state index contributed by atoms with van der Waals surface area (Å²) < 4.78 is 1.66. The molecule has 1 rings (SSSR count). The maximum absolute atomic E-state index is 12.2. The fourth-order valence-electron chi connectivity index (χ4n) is 1.73. The van der Waals surface area contributed by atoms with Gasteiger partial charge in [0.25, 0.3) is 5.91 Å². The molecule has 0 N–H and O–H groups in total. The number of aryl methyl sites for hydroxylation is 2. The zero-order valence-corrected chi connectivity index (χ0v) is 10.7. The minimum atomic E-state index is 0.0825. The van der Waals surface area contributed by atoms with Crippen LogP contribution >= 0.6 is 0 Å². The number of unbranched alkanes of at least 4 members (excludes halogenated alkanes) is 1. The van der Waals surface area contributed by atoms with Crippen molar-refractivity contribution in [3.05, 3.63) is 17.5 Å². The highest BCUT2D eigenvalue weighted by Gasteiger charge is 2.17. The lowest BCUT2D eigenvalue weighted by Crippen LogP contribution is -2.33. The van der Waals surface area contributed by atoms with Crippen LogP contribution in [0.4, 0.5) is 0 Å². The third-order valence-corrected chi connectivity index (χ3v) is 2.67. The molecule has 4 nitrogen and oxygen atoms in total. The summed E-state index contributed by atoms with van der Waals surface area (Å²) in [5.41, 5.74) is 1.56. The van der Waals surface area contributed by atoms with Gasteiger partial charge in [0.2, 0.25) is 0 Å². The molecule has 1 aromatic heterocycles. The molecule has 4 heteroatoms. The summed E-state index contributed by atoms with van der Waals surface area (Å²) in [7, 11) is 1.81. The van der Waals surface area contributed by atoms with Crippen molar-refractivity contribution < 1.29 is 4.79 Å². The molecule has 0 aliphatic carbocycles. The Morgan fingerprint density at radius 1 is 1.50 bits per heavy atom. The van der Waals surface area contributed by atoms with Crippen molar-refractivity contribution in [1.82, 2.24) is 14.7 Å². The van der Waals surface area contributed by atoms with Crippen molar-refractivity contribution in [2.45, 2.75) is 33.6 Å². The Balaban J connectivity index is 2.78. The van der Waals surface area contributed by atoms with Gasteiger partial charge in [-0.3, -0.25) is 9.48 Å². The molecule has 0 aromatic carbocycles. The predicted molar refractivity (Wildman–Crippen MR) is 64.4 cm³/mol. The number of hydrogen-bond acceptors (Lipinski definition) is 2. The molecule has 1 heterocycles. The van der Waals surface area contributed by atoms with E-state index in [0.29, 0.717) is 5.69 Å². The number of hydrogen-bond donors (Lipinski definition) is 0. The average Bonchev–Trinajstić information content (AvgIpc) is 2.58. The molecule has 0 saturated carbocycles. The van der Waals surface area contributed by atoms with E-state index in [9.17, 15) is 4.79 Å². The Kier molecular flexibility index (Phi) is 4.52. The molecule has 0 bridgehead atoms. The Labute approximate surface area is 97.2 Å². The second-order valence-corrected chi connectivity index (χ2v) is 4.03.